The van der Waals surface area contributed by atoms with Gasteiger partial charge in [-0.2, -0.15) is 0 Å². The molecule has 3 rings (SSSR count). The van der Waals surface area contributed by atoms with Crippen molar-refractivity contribution in [2.24, 2.45) is 0 Å². The molecule has 0 radical (unpaired) electrons. The molecule has 0 N–H and O–H groups in total. The van der Waals surface area contributed by atoms with E-state index in [0.29, 0.717) is 32.0 Å². The molecule has 166 valence electrons. The SMILES string of the molecule is C=CCN(CC(=O)N1CCc2sccc2[C@H]1COc1ccc(C(C)C)cc1)C(=O)CC. The largest absolute Gasteiger partial charge is 0.491 e. The van der Waals surface area contributed by atoms with Crippen molar-refractivity contribution in [3.8, 4) is 5.75 Å². The van der Waals surface area contributed by atoms with E-state index in [9.17, 15) is 9.59 Å². The normalized spacial score (nSPS) is 15.5. The lowest BCUT2D eigenvalue weighted by atomic mass is 10.00. The van der Waals surface area contributed by atoms with E-state index >= 15 is 0 Å². The second-order valence-electron chi connectivity index (χ2n) is 8.10. The van der Waals surface area contributed by atoms with Gasteiger partial charge in [0.1, 0.15) is 18.9 Å². The van der Waals surface area contributed by atoms with Gasteiger partial charge in [-0.05, 0) is 47.0 Å². The molecule has 1 aromatic carbocycles. The topological polar surface area (TPSA) is 49.9 Å². The van der Waals surface area contributed by atoms with Crippen LogP contribution in [0, 0.1) is 0 Å². The van der Waals surface area contributed by atoms with Crippen LogP contribution in [-0.2, 0) is 16.0 Å². The summed E-state index contributed by atoms with van der Waals surface area (Å²) in [5.74, 6) is 1.18. The van der Waals surface area contributed by atoms with Crippen LogP contribution in [0.5, 0.6) is 5.75 Å². The van der Waals surface area contributed by atoms with Crippen LogP contribution in [0.1, 0.15) is 55.2 Å². The van der Waals surface area contributed by atoms with Gasteiger partial charge in [0.05, 0.1) is 6.04 Å². The molecule has 0 saturated heterocycles. The molecule has 1 atom stereocenters. The van der Waals surface area contributed by atoms with Gasteiger partial charge in [-0.3, -0.25) is 9.59 Å². The minimum Gasteiger partial charge on any atom is -0.491 e. The zero-order chi connectivity index (χ0) is 22.4. The third-order valence-corrected chi connectivity index (χ3v) is 6.70. The van der Waals surface area contributed by atoms with Crippen molar-refractivity contribution >= 4 is 23.2 Å². The van der Waals surface area contributed by atoms with Crippen LogP contribution >= 0.6 is 11.3 Å². The van der Waals surface area contributed by atoms with Crippen LogP contribution in [0.4, 0.5) is 0 Å². The lowest BCUT2D eigenvalue weighted by molar-refractivity contribution is -0.142. The third kappa shape index (κ3) is 5.56. The molecule has 31 heavy (non-hydrogen) atoms. The Morgan fingerprint density at radius 3 is 2.68 bits per heavy atom. The Hall–Kier alpha value is -2.60. The highest BCUT2D eigenvalue weighted by molar-refractivity contribution is 7.10. The molecule has 2 aromatic rings. The van der Waals surface area contributed by atoms with Crippen molar-refractivity contribution in [3.05, 3.63) is 64.4 Å². The summed E-state index contributed by atoms with van der Waals surface area (Å²) in [4.78, 5) is 30.2. The van der Waals surface area contributed by atoms with Gasteiger partial charge in [-0.25, -0.2) is 0 Å². The number of amides is 2. The first-order valence-corrected chi connectivity index (χ1v) is 11.8. The number of carbonyl (C=O) groups excluding carboxylic acids is 2. The minimum absolute atomic E-state index is 0.0421. The van der Waals surface area contributed by atoms with E-state index in [4.69, 9.17) is 4.74 Å². The maximum absolute atomic E-state index is 13.2. The number of ether oxygens (including phenoxy) is 1. The van der Waals surface area contributed by atoms with Crippen LogP contribution < -0.4 is 4.74 Å². The van der Waals surface area contributed by atoms with Gasteiger partial charge in [0.25, 0.3) is 0 Å². The van der Waals surface area contributed by atoms with Gasteiger partial charge in [-0.1, -0.05) is 39.0 Å². The van der Waals surface area contributed by atoms with Gasteiger partial charge in [-0.15, -0.1) is 17.9 Å². The Morgan fingerprint density at radius 2 is 2.03 bits per heavy atom. The van der Waals surface area contributed by atoms with Crippen molar-refractivity contribution in [1.82, 2.24) is 9.80 Å². The molecule has 2 heterocycles. The maximum atomic E-state index is 13.2. The summed E-state index contributed by atoms with van der Waals surface area (Å²) in [6, 6.07) is 10.1. The number of hydrogen-bond acceptors (Lipinski definition) is 4. The summed E-state index contributed by atoms with van der Waals surface area (Å²) in [6.45, 7) is 11.3. The molecule has 0 aliphatic carbocycles. The molecular weight excluding hydrogens is 408 g/mol. The predicted molar refractivity (Wildman–Crippen MR) is 126 cm³/mol. The quantitative estimate of drug-likeness (QED) is 0.526. The summed E-state index contributed by atoms with van der Waals surface area (Å²) < 4.78 is 6.12. The first kappa shape index (κ1) is 23.1. The van der Waals surface area contributed by atoms with Crippen LogP contribution in [0.25, 0.3) is 0 Å². The zero-order valence-corrected chi connectivity index (χ0v) is 19.5. The second kappa shape index (κ2) is 10.6. The van der Waals surface area contributed by atoms with Crippen LogP contribution in [-0.4, -0.2) is 47.9 Å². The van der Waals surface area contributed by atoms with Gasteiger partial charge in [0.15, 0.2) is 0 Å². The number of carbonyl (C=O) groups is 2. The summed E-state index contributed by atoms with van der Waals surface area (Å²) in [7, 11) is 0. The second-order valence-corrected chi connectivity index (χ2v) is 9.10. The Balaban J connectivity index is 1.75. The standard InChI is InChI=1S/C25H32N2O3S/c1-5-13-26(24(28)6-2)16-25(29)27-14-11-23-21(12-15-31-23)22(27)17-30-20-9-7-19(8-10-20)18(3)4/h5,7-10,12,15,18,22H,1,6,11,13-14,16-17H2,2-4H3/t22-/m1/s1. The number of benzene rings is 1. The van der Waals surface area contributed by atoms with Crippen molar-refractivity contribution in [2.75, 3.05) is 26.2 Å². The molecule has 1 aliphatic heterocycles. The third-order valence-electron chi connectivity index (χ3n) is 5.70. The summed E-state index contributed by atoms with van der Waals surface area (Å²) in [5, 5.41) is 2.08. The summed E-state index contributed by atoms with van der Waals surface area (Å²) >= 11 is 1.73. The first-order valence-electron chi connectivity index (χ1n) is 10.9. The smallest absolute Gasteiger partial charge is 0.242 e. The first-order chi connectivity index (χ1) is 14.9. The lowest BCUT2D eigenvalue weighted by Crippen LogP contribution is -2.47. The molecule has 0 fully saturated rings. The van der Waals surface area contributed by atoms with Crippen molar-refractivity contribution in [3.63, 3.8) is 0 Å². The highest BCUT2D eigenvalue weighted by Crippen LogP contribution is 2.34. The molecule has 0 saturated carbocycles. The molecule has 0 unspecified atom stereocenters. The van der Waals surface area contributed by atoms with Crippen molar-refractivity contribution < 1.29 is 14.3 Å². The number of hydrogen-bond donors (Lipinski definition) is 0. The Labute approximate surface area is 189 Å². The predicted octanol–water partition coefficient (Wildman–Crippen LogP) is 4.80. The molecule has 5 nitrogen and oxygen atoms in total. The number of nitrogens with zero attached hydrogens (tertiary/aromatic N) is 2. The number of fused-ring (bicyclic) bond motifs is 1. The van der Waals surface area contributed by atoms with Gasteiger partial charge >= 0.3 is 0 Å². The Kier molecular flexibility index (Phi) is 7.91. The molecule has 2 amide bonds. The fourth-order valence-electron chi connectivity index (χ4n) is 3.89. The molecule has 0 bridgehead atoms. The van der Waals surface area contributed by atoms with E-state index in [1.165, 1.54) is 10.4 Å². The number of rotatable bonds is 9. The monoisotopic (exact) mass is 440 g/mol. The van der Waals surface area contributed by atoms with E-state index < -0.39 is 0 Å². The van der Waals surface area contributed by atoms with Gasteiger partial charge < -0.3 is 14.5 Å². The average Bonchev–Trinajstić information content (AvgIpc) is 3.25. The van der Waals surface area contributed by atoms with Crippen LogP contribution in [0.15, 0.2) is 48.4 Å². The molecule has 1 aliphatic rings. The zero-order valence-electron chi connectivity index (χ0n) is 18.7. The van der Waals surface area contributed by atoms with E-state index in [2.05, 4.69) is 44.0 Å². The van der Waals surface area contributed by atoms with E-state index in [1.807, 2.05) is 24.0 Å². The molecule has 1 aromatic heterocycles. The minimum atomic E-state index is -0.158. The molecule has 0 spiro atoms. The van der Waals surface area contributed by atoms with E-state index in [0.717, 1.165) is 17.7 Å². The maximum Gasteiger partial charge on any atom is 0.242 e. The number of thiophene rings is 1. The molecular formula is C25H32N2O3S. The average molecular weight is 441 g/mol. The fourth-order valence-corrected chi connectivity index (χ4v) is 4.82. The van der Waals surface area contributed by atoms with Crippen LogP contribution in [0.2, 0.25) is 0 Å². The highest BCUT2D eigenvalue weighted by atomic mass is 32.1. The summed E-state index contributed by atoms with van der Waals surface area (Å²) in [6.07, 6.45) is 2.87. The van der Waals surface area contributed by atoms with Crippen molar-refractivity contribution in [1.29, 1.82) is 0 Å². The van der Waals surface area contributed by atoms with Gasteiger partial charge in [0.2, 0.25) is 11.8 Å². The van der Waals surface area contributed by atoms with Gasteiger partial charge in [0, 0.05) is 24.4 Å². The Bertz CT molecular complexity index is 904. The van der Waals surface area contributed by atoms with Crippen LogP contribution in [0.3, 0.4) is 0 Å². The fraction of sp³-hybridized carbons (Fsp3) is 0.440. The van der Waals surface area contributed by atoms with E-state index in [1.54, 1.807) is 22.3 Å². The highest BCUT2D eigenvalue weighted by Gasteiger charge is 2.33. The summed E-state index contributed by atoms with van der Waals surface area (Å²) in [5.41, 5.74) is 2.42. The van der Waals surface area contributed by atoms with E-state index in [-0.39, 0.29) is 24.4 Å². The Morgan fingerprint density at radius 1 is 1.29 bits per heavy atom. The molecule has 6 heteroatoms. The van der Waals surface area contributed by atoms with Crippen molar-refractivity contribution in [2.45, 2.75) is 45.6 Å². The lowest BCUT2D eigenvalue weighted by Gasteiger charge is -2.37.